The minimum atomic E-state index is 0.457. The molecule has 0 heterocycles. The third kappa shape index (κ3) is 0.782. The number of hydrogen-bond acceptors (Lipinski definition) is 2. The second-order valence-corrected chi connectivity index (χ2v) is 4.94. The zero-order chi connectivity index (χ0) is 8.93. The quantitative estimate of drug-likeness (QED) is 0.436. The lowest BCUT2D eigenvalue weighted by Gasteiger charge is -2.36. The Morgan fingerprint density at radius 3 is 2.58 bits per heavy atom. The molecule has 0 radical (unpaired) electrons. The van der Waals surface area contributed by atoms with E-state index in [9.17, 15) is 0 Å². The molecule has 2 saturated carbocycles. The van der Waals surface area contributed by atoms with Gasteiger partial charge in [-0.2, -0.15) is 0 Å². The molecule has 2 aliphatic carbocycles. The van der Waals surface area contributed by atoms with Crippen molar-refractivity contribution in [3.05, 3.63) is 0 Å². The lowest BCUT2D eigenvalue weighted by Crippen LogP contribution is -2.33. The van der Waals surface area contributed by atoms with Gasteiger partial charge in [-0.1, -0.05) is 25.9 Å². The van der Waals surface area contributed by atoms with Crippen LogP contribution < -0.4 is 0 Å². The molecule has 0 aromatic carbocycles. The zero-order valence-corrected chi connectivity index (χ0v) is 8.04. The Labute approximate surface area is 73.7 Å². The normalized spacial score (nSPS) is 47.2. The van der Waals surface area contributed by atoms with E-state index in [0.717, 1.165) is 18.1 Å². The van der Waals surface area contributed by atoms with E-state index in [4.69, 9.17) is 5.21 Å². The molecule has 68 valence electrons. The second-order valence-electron chi connectivity index (χ2n) is 4.94. The number of hydrogen-bond donors (Lipinski definition) is 1. The fraction of sp³-hybridized carbons (Fsp3) is 0.900. The van der Waals surface area contributed by atoms with Crippen molar-refractivity contribution in [1.29, 1.82) is 0 Å². The van der Waals surface area contributed by atoms with Crippen LogP contribution in [0.2, 0.25) is 0 Å². The summed E-state index contributed by atoms with van der Waals surface area (Å²) in [6, 6.07) is 0. The fourth-order valence-corrected chi connectivity index (χ4v) is 2.99. The Morgan fingerprint density at radius 1 is 1.50 bits per heavy atom. The van der Waals surface area contributed by atoms with Crippen LogP contribution in [-0.4, -0.2) is 10.9 Å². The molecule has 1 N–H and O–H groups in total. The Balaban J connectivity index is 2.29. The van der Waals surface area contributed by atoms with Crippen LogP contribution in [0.15, 0.2) is 5.16 Å². The maximum absolute atomic E-state index is 8.76. The van der Waals surface area contributed by atoms with Gasteiger partial charge in [-0.05, 0) is 30.1 Å². The van der Waals surface area contributed by atoms with Crippen LogP contribution in [0.1, 0.15) is 33.6 Å². The monoisotopic (exact) mass is 167 g/mol. The van der Waals surface area contributed by atoms with Gasteiger partial charge in [0, 0.05) is 5.92 Å². The van der Waals surface area contributed by atoms with Crippen molar-refractivity contribution in [3.8, 4) is 0 Å². The van der Waals surface area contributed by atoms with Crippen LogP contribution in [-0.2, 0) is 0 Å². The summed E-state index contributed by atoms with van der Waals surface area (Å²) in [6.45, 7) is 6.97. The minimum Gasteiger partial charge on any atom is -0.411 e. The van der Waals surface area contributed by atoms with Crippen molar-refractivity contribution in [2.45, 2.75) is 33.6 Å². The molecule has 2 heteroatoms. The van der Waals surface area contributed by atoms with Gasteiger partial charge in [0.1, 0.15) is 0 Å². The van der Waals surface area contributed by atoms with E-state index in [1.807, 2.05) is 0 Å². The van der Waals surface area contributed by atoms with Crippen molar-refractivity contribution in [3.63, 3.8) is 0 Å². The average Bonchev–Trinajstić information content (AvgIpc) is 2.52. The van der Waals surface area contributed by atoms with Crippen LogP contribution >= 0.6 is 0 Å². The lowest BCUT2D eigenvalue weighted by molar-refractivity contribution is 0.178. The number of fused-ring (bicyclic) bond motifs is 2. The van der Waals surface area contributed by atoms with Crippen LogP contribution in [0, 0.1) is 23.2 Å². The Hall–Kier alpha value is -0.530. The standard InChI is InChI=1S/C10H17NO/c1-6-8-4-7(10(6,2)3)5-9(8)11-12/h6-8,12H,4-5H2,1-3H3/b11-9-/t6-,7+,8-/m1/s1. The molecule has 0 aliphatic heterocycles. The van der Waals surface area contributed by atoms with Crippen molar-refractivity contribution in [2.75, 3.05) is 0 Å². The highest BCUT2D eigenvalue weighted by molar-refractivity contribution is 5.90. The van der Waals surface area contributed by atoms with Crippen molar-refractivity contribution >= 4 is 5.71 Å². The molecule has 12 heavy (non-hydrogen) atoms. The number of nitrogens with zero attached hydrogens (tertiary/aromatic N) is 1. The molecule has 0 unspecified atom stereocenters. The summed E-state index contributed by atoms with van der Waals surface area (Å²) in [5, 5.41) is 12.2. The van der Waals surface area contributed by atoms with E-state index in [1.165, 1.54) is 6.42 Å². The van der Waals surface area contributed by atoms with E-state index in [2.05, 4.69) is 25.9 Å². The largest absolute Gasteiger partial charge is 0.411 e. The molecule has 0 saturated heterocycles. The third-order valence-corrected chi connectivity index (χ3v) is 4.38. The summed E-state index contributed by atoms with van der Waals surface area (Å²) in [7, 11) is 0. The van der Waals surface area contributed by atoms with Gasteiger partial charge in [0.05, 0.1) is 5.71 Å². The summed E-state index contributed by atoms with van der Waals surface area (Å²) >= 11 is 0. The minimum absolute atomic E-state index is 0.457. The molecule has 0 aromatic heterocycles. The summed E-state index contributed by atoms with van der Waals surface area (Å²) < 4.78 is 0. The first kappa shape index (κ1) is 8.09. The summed E-state index contributed by atoms with van der Waals surface area (Å²) in [5.74, 6) is 2.00. The predicted molar refractivity (Wildman–Crippen MR) is 48.4 cm³/mol. The van der Waals surface area contributed by atoms with Gasteiger partial charge >= 0.3 is 0 Å². The molecule has 2 fully saturated rings. The highest BCUT2D eigenvalue weighted by Crippen LogP contribution is 2.57. The SMILES string of the molecule is C[C@@H]1[C@H]2C[C@@H](C/C2=N/O)C1(C)C. The molecule has 0 amide bonds. The fourth-order valence-electron chi connectivity index (χ4n) is 2.99. The smallest absolute Gasteiger partial charge is 0.0607 e. The first-order valence-corrected chi connectivity index (χ1v) is 4.78. The van der Waals surface area contributed by atoms with Crippen LogP contribution in [0.3, 0.4) is 0 Å². The molecule has 0 aromatic rings. The average molecular weight is 167 g/mol. The molecule has 2 aliphatic rings. The zero-order valence-electron chi connectivity index (χ0n) is 8.04. The highest BCUT2D eigenvalue weighted by atomic mass is 16.4. The number of rotatable bonds is 0. The van der Waals surface area contributed by atoms with Gasteiger partial charge in [-0.3, -0.25) is 0 Å². The molecule has 3 atom stereocenters. The Kier molecular flexibility index (Phi) is 1.51. The van der Waals surface area contributed by atoms with Crippen molar-refractivity contribution in [2.24, 2.45) is 28.3 Å². The second kappa shape index (κ2) is 2.24. The maximum atomic E-state index is 8.76. The van der Waals surface area contributed by atoms with E-state index >= 15 is 0 Å². The molecule has 2 bridgehead atoms. The highest BCUT2D eigenvalue weighted by Gasteiger charge is 2.53. The molecule has 2 nitrogen and oxygen atoms in total. The molecular formula is C10H17NO. The first-order valence-electron chi connectivity index (χ1n) is 4.78. The van der Waals surface area contributed by atoms with Gasteiger partial charge in [0.25, 0.3) is 0 Å². The third-order valence-electron chi connectivity index (χ3n) is 4.38. The molecular weight excluding hydrogens is 150 g/mol. The Bertz CT molecular complexity index is 228. The predicted octanol–water partition coefficient (Wildman–Crippen LogP) is 2.52. The van der Waals surface area contributed by atoms with Crippen LogP contribution in [0.25, 0.3) is 0 Å². The van der Waals surface area contributed by atoms with E-state index in [0.29, 0.717) is 17.3 Å². The first-order chi connectivity index (χ1) is 5.57. The summed E-state index contributed by atoms with van der Waals surface area (Å²) in [4.78, 5) is 0. The van der Waals surface area contributed by atoms with Gasteiger partial charge < -0.3 is 5.21 Å². The van der Waals surface area contributed by atoms with E-state index in [-0.39, 0.29) is 0 Å². The van der Waals surface area contributed by atoms with Crippen molar-refractivity contribution in [1.82, 2.24) is 0 Å². The van der Waals surface area contributed by atoms with Crippen molar-refractivity contribution < 1.29 is 5.21 Å². The summed E-state index contributed by atoms with van der Waals surface area (Å²) in [6.07, 6.45) is 2.27. The lowest BCUT2D eigenvalue weighted by atomic mass is 9.69. The maximum Gasteiger partial charge on any atom is 0.0607 e. The number of oxime groups is 1. The summed E-state index contributed by atoms with van der Waals surface area (Å²) in [5.41, 5.74) is 1.51. The molecule has 2 rings (SSSR count). The Morgan fingerprint density at radius 2 is 2.17 bits per heavy atom. The van der Waals surface area contributed by atoms with Gasteiger partial charge in [-0.15, -0.1) is 0 Å². The van der Waals surface area contributed by atoms with Crippen LogP contribution in [0.4, 0.5) is 0 Å². The molecule has 0 spiro atoms. The van der Waals surface area contributed by atoms with Crippen LogP contribution in [0.5, 0.6) is 0 Å². The van der Waals surface area contributed by atoms with E-state index in [1.54, 1.807) is 0 Å². The van der Waals surface area contributed by atoms with Gasteiger partial charge in [-0.25, -0.2) is 0 Å². The topological polar surface area (TPSA) is 32.6 Å². The van der Waals surface area contributed by atoms with E-state index < -0.39 is 0 Å². The van der Waals surface area contributed by atoms with Gasteiger partial charge in [0.15, 0.2) is 0 Å². The van der Waals surface area contributed by atoms with Gasteiger partial charge in [0.2, 0.25) is 0 Å².